The van der Waals surface area contributed by atoms with Crippen LogP contribution in [0.4, 0.5) is 5.69 Å². The summed E-state index contributed by atoms with van der Waals surface area (Å²) in [6.07, 6.45) is 6.12. The molecule has 35 heavy (non-hydrogen) atoms. The largest absolute Gasteiger partial charge is 0.476 e. The lowest BCUT2D eigenvalue weighted by Gasteiger charge is -2.41. The van der Waals surface area contributed by atoms with Crippen LogP contribution in [0.2, 0.25) is 10.0 Å². The first-order chi connectivity index (χ1) is 16.7. The van der Waals surface area contributed by atoms with E-state index in [9.17, 15) is 9.59 Å². The molecule has 0 aromatic heterocycles. The second-order valence-electron chi connectivity index (χ2n) is 10.4. The first-order valence-electron chi connectivity index (χ1n) is 12.3. The second kappa shape index (κ2) is 9.55. The molecule has 1 aliphatic carbocycles. The van der Waals surface area contributed by atoms with Crippen molar-refractivity contribution < 1.29 is 14.3 Å². The Hall–Kier alpha value is -2.44. The Balaban J connectivity index is 1.20. The monoisotopic (exact) mass is 515 g/mol. The van der Waals surface area contributed by atoms with Gasteiger partial charge < -0.3 is 20.3 Å². The summed E-state index contributed by atoms with van der Waals surface area (Å²) in [6, 6.07) is 14.1. The number of nitrogens with one attached hydrogen (secondary N) is 2. The van der Waals surface area contributed by atoms with Crippen LogP contribution in [-0.4, -0.2) is 41.6 Å². The highest BCUT2D eigenvalue weighted by atomic mass is 35.5. The lowest BCUT2D eigenvalue weighted by molar-refractivity contribution is -0.135. The van der Waals surface area contributed by atoms with Gasteiger partial charge in [-0.05, 0) is 94.8 Å². The zero-order valence-electron chi connectivity index (χ0n) is 20.0. The van der Waals surface area contributed by atoms with Crippen LogP contribution in [0, 0.1) is 0 Å². The van der Waals surface area contributed by atoms with Crippen molar-refractivity contribution in [3.63, 3.8) is 0 Å². The summed E-state index contributed by atoms with van der Waals surface area (Å²) in [7, 11) is 0. The van der Waals surface area contributed by atoms with Crippen molar-refractivity contribution in [1.29, 1.82) is 0 Å². The Morgan fingerprint density at radius 2 is 1.57 bits per heavy atom. The quantitative estimate of drug-likeness (QED) is 0.520. The summed E-state index contributed by atoms with van der Waals surface area (Å²) in [4.78, 5) is 27.9. The van der Waals surface area contributed by atoms with Gasteiger partial charge in [-0.2, -0.15) is 0 Å². The van der Waals surface area contributed by atoms with E-state index in [0.717, 1.165) is 44.2 Å². The van der Waals surface area contributed by atoms with Crippen molar-refractivity contribution in [3.05, 3.63) is 58.1 Å². The predicted molar refractivity (Wildman–Crippen MR) is 139 cm³/mol. The van der Waals surface area contributed by atoms with Gasteiger partial charge in [0, 0.05) is 40.4 Å². The van der Waals surface area contributed by atoms with Crippen LogP contribution in [0.1, 0.15) is 62.7 Å². The topological polar surface area (TPSA) is 70.7 Å². The SMILES string of the molecule is CC(C)(Oc1ccc(Cl)cc1Cl)C(=O)NC1C[C@H]2CC[C@@H](C1)N2c1ccc(C(=O)NC2CC2)cc1. The van der Waals surface area contributed by atoms with Gasteiger partial charge in [0.2, 0.25) is 0 Å². The Morgan fingerprint density at radius 3 is 2.17 bits per heavy atom. The van der Waals surface area contributed by atoms with Gasteiger partial charge >= 0.3 is 0 Å². The summed E-state index contributed by atoms with van der Waals surface area (Å²) >= 11 is 12.2. The number of amides is 2. The number of benzene rings is 2. The van der Waals surface area contributed by atoms with E-state index in [-0.39, 0.29) is 17.9 Å². The van der Waals surface area contributed by atoms with E-state index in [1.807, 2.05) is 12.1 Å². The van der Waals surface area contributed by atoms with Crippen molar-refractivity contribution in [1.82, 2.24) is 10.6 Å². The standard InChI is InChI=1S/C27H31Cl2N3O3/c1-27(2,35-24-12-5-17(28)13-23(24)29)26(34)31-19-14-21-10-11-22(15-19)32(21)20-8-3-16(4-9-20)25(33)30-18-6-7-18/h3-5,8-9,12-13,18-19,21-22H,6-7,10-11,14-15H2,1-2H3,(H,30,33)(H,31,34)/t19?,21-,22+. The van der Waals surface area contributed by atoms with Gasteiger partial charge in [-0.1, -0.05) is 23.2 Å². The molecular weight excluding hydrogens is 485 g/mol. The molecule has 2 N–H and O–H groups in total. The number of anilines is 1. The highest BCUT2D eigenvalue weighted by Crippen LogP contribution is 2.40. The van der Waals surface area contributed by atoms with Gasteiger partial charge in [-0.3, -0.25) is 9.59 Å². The minimum Gasteiger partial charge on any atom is -0.476 e. The minimum absolute atomic E-state index is 0.00756. The fourth-order valence-electron chi connectivity index (χ4n) is 5.24. The zero-order chi connectivity index (χ0) is 24.7. The zero-order valence-corrected chi connectivity index (χ0v) is 21.5. The number of hydrogen-bond donors (Lipinski definition) is 2. The molecule has 0 radical (unpaired) electrons. The molecule has 2 aromatic rings. The Bertz CT molecular complexity index is 1100. The van der Waals surface area contributed by atoms with E-state index in [0.29, 0.717) is 39.5 Å². The third-order valence-electron chi connectivity index (χ3n) is 7.21. The van der Waals surface area contributed by atoms with Crippen molar-refractivity contribution in [2.24, 2.45) is 0 Å². The van der Waals surface area contributed by atoms with Crippen LogP contribution in [0.15, 0.2) is 42.5 Å². The molecule has 3 aliphatic rings. The summed E-state index contributed by atoms with van der Waals surface area (Å²) in [5, 5.41) is 7.15. The molecule has 2 aliphatic heterocycles. The molecule has 3 fully saturated rings. The van der Waals surface area contributed by atoms with Crippen LogP contribution >= 0.6 is 23.2 Å². The average Bonchev–Trinajstić information content (AvgIpc) is 3.58. The smallest absolute Gasteiger partial charge is 0.263 e. The predicted octanol–water partition coefficient (Wildman–Crippen LogP) is 5.36. The van der Waals surface area contributed by atoms with Crippen LogP contribution in [-0.2, 0) is 4.79 Å². The van der Waals surface area contributed by atoms with Gasteiger partial charge in [0.1, 0.15) is 5.75 Å². The number of nitrogens with zero attached hydrogens (tertiary/aromatic N) is 1. The lowest BCUT2D eigenvalue weighted by atomic mass is 9.95. The number of hydrogen-bond acceptors (Lipinski definition) is 4. The van der Waals surface area contributed by atoms with Crippen molar-refractivity contribution in [3.8, 4) is 5.75 Å². The molecule has 3 atom stereocenters. The number of fused-ring (bicyclic) bond motifs is 2. The van der Waals surface area contributed by atoms with Gasteiger partial charge in [-0.25, -0.2) is 0 Å². The third kappa shape index (κ3) is 5.39. The first kappa shape index (κ1) is 24.3. The number of carbonyl (C=O) groups excluding carboxylic acids is 2. The number of ether oxygens (including phenoxy) is 1. The van der Waals surface area contributed by atoms with Crippen molar-refractivity contribution in [2.45, 2.75) is 82.1 Å². The molecule has 1 unspecified atom stereocenters. The van der Waals surface area contributed by atoms with E-state index in [1.54, 1.807) is 32.0 Å². The van der Waals surface area contributed by atoms with Crippen LogP contribution in [0.25, 0.3) is 0 Å². The van der Waals surface area contributed by atoms with Gasteiger partial charge in [0.15, 0.2) is 5.60 Å². The maximum absolute atomic E-state index is 13.1. The Kier molecular flexibility index (Phi) is 6.62. The maximum Gasteiger partial charge on any atom is 0.263 e. The lowest BCUT2D eigenvalue weighted by Crippen LogP contribution is -2.55. The molecule has 2 aromatic carbocycles. The van der Waals surface area contributed by atoms with Crippen LogP contribution in [0.3, 0.4) is 0 Å². The van der Waals surface area contributed by atoms with E-state index in [1.165, 1.54) is 0 Å². The Labute approximate surface area is 216 Å². The molecule has 2 saturated heterocycles. The second-order valence-corrected chi connectivity index (χ2v) is 11.3. The molecule has 186 valence electrons. The summed E-state index contributed by atoms with van der Waals surface area (Å²) in [5.41, 5.74) is 0.773. The molecule has 2 heterocycles. The molecule has 8 heteroatoms. The summed E-state index contributed by atoms with van der Waals surface area (Å²) < 4.78 is 5.96. The van der Waals surface area contributed by atoms with E-state index >= 15 is 0 Å². The molecule has 2 bridgehead atoms. The summed E-state index contributed by atoms with van der Waals surface area (Å²) in [6.45, 7) is 3.50. The number of halogens is 2. The summed E-state index contributed by atoms with van der Waals surface area (Å²) in [5.74, 6) is 0.279. The van der Waals surface area contributed by atoms with Crippen LogP contribution in [0.5, 0.6) is 5.75 Å². The molecule has 5 rings (SSSR count). The Morgan fingerprint density at radius 1 is 0.914 bits per heavy atom. The highest BCUT2D eigenvalue weighted by Gasteiger charge is 2.42. The van der Waals surface area contributed by atoms with Gasteiger partial charge in [-0.15, -0.1) is 0 Å². The first-order valence-corrected chi connectivity index (χ1v) is 13.1. The average molecular weight is 516 g/mol. The normalized spacial score (nSPS) is 23.7. The van der Waals surface area contributed by atoms with Crippen molar-refractivity contribution >= 4 is 40.7 Å². The van der Waals surface area contributed by atoms with E-state index in [2.05, 4.69) is 27.7 Å². The number of piperidine rings is 1. The molecule has 2 amide bonds. The van der Waals surface area contributed by atoms with Gasteiger partial charge in [0.05, 0.1) is 5.02 Å². The maximum atomic E-state index is 13.1. The minimum atomic E-state index is -1.08. The van der Waals surface area contributed by atoms with E-state index in [4.69, 9.17) is 27.9 Å². The number of rotatable bonds is 7. The van der Waals surface area contributed by atoms with Crippen molar-refractivity contribution in [2.75, 3.05) is 4.90 Å². The van der Waals surface area contributed by atoms with Crippen LogP contribution < -0.4 is 20.3 Å². The molecule has 1 saturated carbocycles. The highest BCUT2D eigenvalue weighted by molar-refractivity contribution is 6.35. The van der Waals surface area contributed by atoms with Gasteiger partial charge in [0.25, 0.3) is 11.8 Å². The third-order valence-corrected chi connectivity index (χ3v) is 7.74. The fraction of sp³-hybridized carbons (Fsp3) is 0.481. The fourth-order valence-corrected chi connectivity index (χ4v) is 5.68. The molecular formula is C27H31Cl2N3O3. The molecule has 6 nitrogen and oxygen atoms in total. The van der Waals surface area contributed by atoms with E-state index < -0.39 is 5.60 Å². The molecule has 0 spiro atoms. The number of carbonyl (C=O) groups is 2.